The lowest BCUT2D eigenvalue weighted by Gasteiger charge is -2.06. The fraction of sp³-hybridized carbons (Fsp3) is 0.176. The van der Waals surface area contributed by atoms with Crippen LogP contribution in [0.4, 0.5) is 5.69 Å². The van der Waals surface area contributed by atoms with Crippen LogP contribution in [0.2, 0.25) is 0 Å². The molecule has 2 aromatic heterocycles. The van der Waals surface area contributed by atoms with Gasteiger partial charge in [-0.25, -0.2) is 4.98 Å². The number of nitro groups is 1. The molecule has 6 nitrogen and oxygen atoms in total. The monoisotopic (exact) mass is 341 g/mol. The molecular weight excluding hydrogens is 326 g/mol. The Bertz CT molecular complexity index is 954. The Morgan fingerprint density at radius 3 is 2.67 bits per heavy atom. The number of rotatable bonds is 5. The molecule has 0 spiro atoms. The van der Waals surface area contributed by atoms with Gasteiger partial charge in [-0.3, -0.25) is 19.3 Å². The van der Waals surface area contributed by atoms with E-state index in [1.165, 1.54) is 22.4 Å². The number of aromatic nitrogens is 2. The SMILES string of the molecule is Cc1ccn2c(=O)c([N+](=O)[O-])c(CSCc3ccccc3)nc2c1. The summed E-state index contributed by atoms with van der Waals surface area (Å²) in [5.74, 6) is 1.01. The summed E-state index contributed by atoms with van der Waals surface area (Å²) in [6, 6.07) is 13.3. The summed E-state index contributed by atoms with van der Waals surface area (Å²) in [7, 11) is 0. The number of hydrogen-bond acceptors (Lipinski definition) is 5. The predicted molar refractivity (Wildman–Crippen MR) is 94.3 cm³/mol. The van der Waals surface area contributed by atoms with Crippen molar-refractivity contribution in [3.8, 4) is 0 Å². The van der Waals surface area contributed by atoms with Crippen LogP contribution in [0.25, 0.3) is 5.65 Å². The van der Waals surface area contributed by atoms with Crippen molar-refractivity contribution in [2.24, 2.45) is 0 Å². The Hall–Kier alpha value is -2.67. The van der Waals surface area contributed by atoms with Crippen LogP contribution in [0.1, 0.15) is 16.8 Å². The molecule has 0 saturated heterocycles. The maximum absolute atomic E-state index is 12.4. The molecular formula is C17H15N3O3S. The lowest BCUT2D eigenvalue weighted by molar-refractivity contribution is -0.387. The van der Waals surface area contributed by atoms with E-state index in [-0.39, 0.29) is 5.69 Å². The first-order valence-electron chi connectivity index (χ1n) is 7.34. The van der Waals surface area contributed by atoms with E-state index in [9.17, 15) is 14.9 Å². The Kier molecular flexibility index (Phi) is 4.61. The van der Waals surface area contributed by atoms with Gasteiger partial charge in [-0.15, -0.1) is 0 Å². The van der Waals surface area contributed by atoms with E-state index in [2.05, 4.69) is 4.98 Å². The molecule has 3 aromatic rings. The van der Waals surface area contributed by atoms with Crippen LogP contribution in [-0.4, -0.2) is 14.3 Å². The van der Waals surface area contributed by atoms with Crippen molar-refractivity contribution in [3.05, 3.63) is 86.0 Å². The van der Waals surface area contributed by atoms with Crippen LogP contribution in [-0.2, 0) is 11.5 Å². The largest absolute Gasteiger partial charge is 0.356 e. The first-order chi connectivity index (χ1) is 11.6. The second kappa shape index (κ2) is 6.84. The van der Waals surface area contributed by atoms with Crippen LogP contribution in [0, 0.1) is 17.0 Å². The van der Waals surface area contributed by atoms with Gasteiger partial charge in [-0.05, 0) is 30.2 Å². The number of aryl methyl sites for hydroxylation is 1. The summed E-state index contributed by atoms with van der Waals surface area (Å²) in [4.78, 5) is 27.4. The lowest BCUT2D eigenvalue weighted by Crippen LogP contribution is -2.21. The fourth-order valence-corrected chi connectivity index (χ4v) is 3.33. The average molecular weight is 341 g/mol. The molecule has 7 heteroatoms. The molecule has 122 valence electrons. The van der Waals surface area contributed by atoms with Gasteiger partial charge in [0.25, 0.3) is 0 Å². The van der Waals surface area contributed by atoms with Gasteiger partial charge in [0.2, 0.25) is 0 Å². The van der Waals surface area contributed by atoms with E-state index in [1.54, 1.807) is 12.1 Å². The van der Waals surface area contributed by atoms with Crippen LogP contribution in [0.3, 0.4) is 0 Å². The first kappa shape index (κ1) is 16.2. The minimum atomic E-state index is -0.639. The number of thioether (sulfide) groups is 1. The molecule has 0 aliphatic rings. The smallest absolute Gasteiger partial charge is 0.262 e. The summed E-state index contributed by atoms with van der Waals surface area (Å²) in [5, 5.41) is 11.3. The van der Waals surface area contributed by atoms with Crippen molar-refractivity contribution in [3.63, 3.8) is 0 Å². The Labute approximate surface area is 142 Å². The molecule has 0 bridgehead atoms. The predicted octanol–water partition coefficient (Wildman–Crippen LogP) is 3.34. The highest BCUT2D eigenvalue weighted by molar-refractivity contribution is 7.97. The Morgan fingerprint density at radius 2 is 1.96 bits per heavy atom. The van der Waals surface area contributed by atoms with E-state index in [1.807, 2.05) is 37.3 Å². The molecule has 0 atom stereocenters. The van der Waals surface area contributed by atoms with Crippen LogP contribution >= 0.6 is 11.8 Å². The zero-order valence-corrected chi connectivity index (χ0v) is 13.8. The topological polar surface area (TPSA) is 77.5 Å². The number of fused-ring (bicyclic) bond motifs is 1. The molecule has 24 heavy (non-hydrogen) atoms. The highest BCUT2D eigenvalue weighted by Crippen LogP contribution is 2.22. The molecule has 3 rings (SSSR count). The van der Waals surface area contributed by atoms with Gasteiger partial charge < -0.3 is 0 Å². The summed E-state index contributed by atoms with van der Waals surface area (Å²) in [6.07, 6.45) is 1.52. The number of benzene rings is 1. The van der Waals surface area contributed by atoms with E-state index in [0.717, 1.165) is 11.1 Å². The Balaban J connectivity index is 1.95. The van der Waals surface area contributed by atoms with Gasteiger partial charge >= 0.3 is 11.2 Å². The van der Waals surface area contributed by atoms with Crippen molar-refractivity contribution < 1.29 is 4.92 Å². The summed E-state index contributed by atoms with van der Waals surface area (Å²) < 4.78 is 1.22. The maximum atomic E-state index is 12.4. The number of hydrogen-bond donors (Lipinski definition) is 0. The maximum Gasteiger partial charge on any atom is 0.356 e. The molecule has 0 aliphatic heterocycles. The first-order valence-corrected chi connectivity index (χ1v) is 8.49. The quantitative estimate of drug-likeness (QED) is 0.525. The van der Waals surface area contributed by atoms with Crippen molar-refractivity contribution in [2.45, 2.75) is 18.4 Å². The number of nitrogens with zero attached hydrogens (tertiary/aromatic N) is 3. The summed E-state index contributed by atoms with van der Waals surface area (Å²) in [6.45, 7) is 1.89. The summed E-state index contributed by atoms with van der Waals surface area (Å²) in [5.41, 5.74) is 1.63. The normalized spacial score (nSPS) is 10.9. The zero-order chi connectivity index (χ0) is 17.1. The molecule has 0 aliphatic carbocycles. The van der Waals surface area contributed by atoms with E-state index in [0.29, 0.717) is 17.2 Å². The second-order valence-corrected chi connectivity index (χ2v) is 6.37. The minimum absolute atomic E-state index is 0.219. The lowest BCUT2D eigenvalue weighted by atomic mass is 10.2. The second-order valence-electron chi connectivity index (χ2n) is 5.38. The summed E-state index contributed by atoms with van der Waals surface area (Å²) >= 11 is 1.50. The number of pyridine rings is 1. The standard InChI is InChI=1S/C17H15N3O3S/c1-12-7-8-19-15(9-12)18-14(16(17(19)21)20(22)23)11-24-10-13-5-3-2-4-6-13/h2-9H,10-11H2,1H3. The highest BCUT2D eigenvalue weighted by atomic mass is 32.2. The highest BCUT2D eigenvalue weighted by Gasteiger charge is 2.23. The molecule has 1 aromatic carbocycles. The third kappa shape index (κ3) is 3.30. The van der Waals surface area contributed by atoms with Crippen LogP contribution < -0.4 is 5.56 Å². The zero-order valence-electron chi connectivity index (χ0n) is 13.0. The Morgan fingerprint density at radius 1 is 1.21 bits per heavy atom. The third-order valence-corrected chi connectivity index (χ3v) is 4.58. The third-order valence-electron chi connectivity index (χ3n) is 3.57. The van der Waals surface area contributed by atoms with Crippen LogP contribution in [0.5, 0.6) is 0 Å². The molecule has 0 unspecified atom stereocenters. The van der Waals surface area contributed by atoms with Crippen molar-refractivity contribution >= 4 is 23.1 Å². The molecule has 0 N–H and O–H groups in total. The van der Waals surface area contributed by atoms with Gasteiger partial charge in [0, 0.05) is 17.7 Å². The van der Waals surface area contributed by atoms with E-state index in [4.69, 9.17) is 0 Å². The van der Waals surface area contributed by atoms with Gasteiger partial charge in [0.15, 0.2) is 0 Å². The van der Waals surface area contributed by atoms with Crippen LogP contribution in [0.15, 0.2) is 53.5 Å². The average Bonchev–Trinajstić information content (AvgIpc) is 2.55. The molecule has 0 fully saturated rings. The molecule has 0 saturated carbocycles. The van der Waals surface area contributed by atoms with Gasteiger partial charge in [-0.1, -0.05) is 30.3 Å². The van der Waals surface area contributed by atoms with Gasteiger partial charge in [-0.2, -0.15) is 11.8 Å². The fourth-order valence-electron chi connectivity index (χ4n) is 2.40. The van der Waals surface area contributed by atoms with Gasteiger partial charge in [0.1, 0.15) is 11.3 Å². The van der Waals surface area contributed by atoms with Crippen molar-refractivity contribution in [2.75, 3.05) is 0 Å². The van der Waals surface area contributed by atoms with Gasteiger partial charge in [0.05, 0.1) is 4.92 Å². The van der Waals surface area contributed by atoms with E-state index >= 15 is 0 Å². The van der Waals surface area contributed by atoms with Crippen molar-refractivity contribution in [1.29, 1.82) is 0 Å². The molecule has 2 heterocycles. The van der Waals surface area contributed by atoms with E-state index < -0.39 is 16.2 Å². The molecule has 0 amide bonds. The molecule has 0 radical (unpaired) electrons. The minimum Gasteiger partial charge on any atom is -0.262 e. The van der Waals surface area contributed by atoms with Crippen molar-refractivity contribution in [1.82, 2.24) is 9.38 Å².